The average Bonchev–Trinajstić information content (AvgIpc) is 3.36. The summed E-state index contributed by atoms with van der Waals surface area (Å²) >= 11 is 0. The molecular weight excluding hydrogens is 525 g/mol. The minimum absolute atomic E-state index is 0.0141. The zero-order valence-corrected chi connectivity index (χ0v) is 22.0. The number of aliphatic hydroxyl groups excluding tert-OH is 1. The molecule has 1 aliphatic heterocycles. The highest BCUT2D eigenvalue weighted by Crippen LogP contribution is 2.37. The van der Waals surface area contributed by atoms with Crippen LogP contribution < -0.4 is 10.5 Å². The smallest absolute Gasteiger partial charge is 0.433 e. The molecule has 4 aromatic rings. The molecule has 1 atom stereocenters. The lowest BCUT2D eigenvalue weighted by molar-refractivity contribution is -0.143. The maximum absolute atomic E-state index is 14.2. The Bertz CT molecular complexity index is 1530. The van der Waals surface area contributed by atoms with Crippen LogP contribution in [-0.2, 0) is 6.18 Å². The van der Waals surface area contributed by atoms with E-state index in [1.807, 2.05) is 23.1 Å². The number of anilines is 1. The normalized spacial score (nSPS) is 15.4. The Hall–Kier alpha value is -4.16. The summed E-state index contributed by atoms with van der Waals surface area (Å²) in [5.41, 5.74) is 6.78. The van der Waals surface area contributed by atoms with E-state index in [4.69, 9.17) is 10.5 Å². The molecule has 1 saturated heterocycles. The molecule has 12 heteroatoms. The number of benzene rings is 2. The van der Waals surface area contributed by atoms with Gasteiger partial charge in [0.1, 0.15) is 11.3 Å². The second kappa shape index (κ2) is 10.8. The highest BCUT2D eigenvalue weighted by molar-refractivity contribution is 6.00. The summed E-state index contributed by atoms with van der Waals surface area (Å²) < 4.78 is 48.6. The summed E-state index contributed by atoms with van der Waals surface area (Å²) in [4.78, 5) is 21.7. The van der Waals surface area contributed by atoms with E-state index in [1.165, 1.54) is 14.0 Å². The van der Waals surface area contributed by atoms with Crippen LogP contribution in [0.4, 0.5) is 18.9 Å². The predicted octanol–water partition coefficient (Wildman–Crippen LogP) is 3.81. The molecule has 2 aromatic heterocycles. The van der Waals surface area contributed by atoms with E-state index in [1.54, 1.807) is 35.2 Å². The van der Waals surface area contributed by atoms with Gasteiger partial charge >= 0.3 is 6.18 Å². The van der Waals surface area contributed by atoms with Gasteiger partial charge < -0.3 is 20.5 Å². The minimum Gasteiger partial charge on any atom is -0.497 e. The van der Waals surface area contributed by atoms with Gasteiger partial charge in [0.05, 0.1) is 31.6 Å². The number of carbonyl (C=O) groups excluding carboxylic acids is 1. The summed E-state index contributed by atoms with van der Waals surface area (Å²) in [6, 6.07) is 13.5. The van der Waals surface area contributed by atoms with Gasteiger partial charge in [0, 0.05) is 43.0 Å². The molecule has 0 bridgehead atoms. The van der Waals surface area contributed by atoms with Crippen molar-refractivity contribution in [2.24, 2.45) is 0 Å². The van der Waals surface area contributed by atoms with Crippen molar-refractivity contribution >= 4 is 17.2 Å². The molecule has 0 spiro atoms. The number of hydrogen-bond acceptors (Lipinski definition) is 7. The van der Waals surface area contributed by atoms with Gasteiger partial charge in [0.25, 0.3) is 5.91 Å². The average molecular weight is 555 g/mol. The first-order valence-corrected chi connectivity index (χ1v) is 12.7. The summed E-state index contributed by atoms with van der Waals surface area (Å²) in [6.07, 6.45) is -3.59. The molecule has 1 amide bonds. The van der Waals surface area contributed by atoms with Crippen LogP contribution in [0.3, 0.4) is 0 Å². The number of piperazine rings is 1. The lowest BCUT2D eigenvalue weighted by Gasteiger charge is -2.39. The summed E-state index contributed by atoms with van der Waals surface area (Å²) in [7, 11) is 1.50. The number of rotatable bonds is 6. The number of hydrogen-bond donors (Lipinski definition) is 2. The second-order valence-electron chi connectivity index (χ2n) is 9.61. The number of methoxy groups -OCH3 is 1. The number of para-hydroxylation sites is 1. The molecular formula is C28H29F3N6O3. The van der Waals surface area contributed by atoms with Gasteiger partial charge in [0.15, 0.2) is 11.3 Å². The number of fused-ring (bicyclic) bond motifs is 1. The van der Waals surface area contributed by atoms with E-state index in [9.17, 15) is 23.1 Å². The van der Waals surface area contributed by atoms with E-state index in [2.05, 4.69) is 10.1 Å². The van der Waals surface area contributed by atoms with Crippen LogP contribution in [0.25, 0.3) is 16.9 Å². The number of halogens is 3. The van der Waals surface area contributed by atoms with Gasteiger partial charge in [-0.3, -0.25) is 9.69 Å². The van der Waals surface area contributed by atoms with Crippen LogP contribution in [0.15, 0.2) is 54.7 Å². The quantitative estimate of drug-likeness (QED) is 0.349. The molecule has 0 radical (unpaired) electrons. The van der Waals surface area contributed by atoms with Crippen LogP contribution in [0.2, 0.25) is 0 Å². The van der Waals surface area contributed by atoms with Crippen LogP contribution in [0.1, 0.15) is 33.2 Å². The summed E-state index contributed by atoms with van der Waals surface area (Å²) in [5, 5.41) is 14.0. The highest BCUT2D eigenvalue weighted by Gasteiger charge is 2.39. The molecule has 3 N–H and O–H groups in total. The van der Waals surface area contributed by atoms with Crippen molar-refractivity contribution in [3.63, 3.8) is 0 Å². The van der Waals surface area contributed by atoms with Gasteiger partial charge in [-0.15, -0.1) is 0 Å². The first-order chi connectivity index (χ1) is 19.1. The van der Waals surface area contributed by atoms with Crippen molar-refractivity contribution in [3.05, 3.63) is 77.1 Å². The monoisotopic (exact) mass is 554 g/mol. The summed E-state index contributed by atoms with van der Waals surface area (Å²) in [5.74, 6) is 0.0934. The van der Waals surface area contributed by atoms with E-state index in [-0.39, 0.29) is 35.1 Å². The number of amides is 1. The molecule has 210 valence electrons. The van der Waals surface area contributed by atoms with E-state index in [0.717, 1.165) is 11.8 Å². The Kier molecular flexibility index (Phi) is 7.39. The van der Waals surface area contributed by atoms with E-state index in [0.29, 0.717) is 47.7 Å². The lowest BCUT2D eigenvalue weighted by Crippen LogP contribution is -2.50. The number of nitrogens with zero attached hydrogens (tertiary/aromatic N) is 5. The first-order valence-electron chi connectivity index (χ1n) is 12.7. The maximum atomic E-state index is 14.2. The van der Waals surface area contributed by atoms with Gasteiger partial charge in [-0.1, -0.05) is 18.2 Å². The van der Waals surface area contributed by atoms with Crippen LogP contribution in [0, 0.1) is 6.92 Å². The Morgan fingerprint density at radius 3 is 2.38 bits per heavy atom. The Morgan fingerprint density at radius 1 is 1.10 bits per heavy atom. The molecule has 40 heavy (non-hydrogen) atoms. The molecule has 0 unspecified atom stereocenters. The Morgan fingerprint density at radius 2 is 1.77 bits per heavy atom. The molecule has 9 nitrogen and oxygen atoms in total. The number of ether oxygens (including phenoxy) is 1. The van der Waals surface area contributed by atoms with E-state index >= 15 is 0 Å². The third-order valence-electron chi connectivity index (χ3n) is 7.32. The largest absolute Gasteiger partial charge is 0.497 e. The van der Waals surface area contributed by atoms with Gasteiger partial charge in [-0.05, 0) is 42.8 Å². The number of aliphatic hydroxyl groups is 1. The minimum atomic E-state index is -4.73. The number of carbonyl (C=O) groups is 1. The van der Waals surface area contributed by atoms with Crippen LogP contribution in [-0.4, -0.2) is 75.3 Å². The zero-order chi connectivity index (χ0) is 28.6. The summed E-state index contributed by atoms with van der Waals surface area (Å²) in [6.45, 7) is 2.71. The van der Waals surface area contributed by atoms with Crippen molar-refractivity contribution in [1.29, 1.82) is 0 Å². The third-order valence-corrected chi connectivity index (χ3v) is 7.32. The Balaban J connectivity index is 1.46. The molecule has 1 aliphatic rings. The van der Waals surface area contributed by atoms with Gasteiger partial charge in [-0.25, -0.2) is 9.50 Å². The molecule has 3 heterocycles. The molecule has 2 aromatic carbocycles. The van der Waals surface area contributed by atoms with Gasteiger partial charge in [0.2, 0.25) is 0 Å². The van der Waals surface area contributed by atoms with Crippen molar-refractivity contribution in [1.82, 2.24) is 24.4 Å². The number of nitrogen functional groups attached to an aromatic ring is 1. The van der Waals surface area contributed by atoms with Crippen molar-refractivity contribution in [3.8, 4) is 17.0 Å². The molecule has 1 fully saturated rings. The number of aromatic nitrogens is 3. The highest BCUT2D eigenvalue weighted by atomic mass is 19.4. The SMILES string of the molecule is COc1ccc(-c2nc3c(C(=O)N4CCN([C@@H](CO)c5ccccc5N)CC4)cnn3c(C(F)(F)F)c2C)cc1. The fourth-order valence-corrected chi connectivity index (χ4v) is 5.22. The second-order valence-corrected chi connectivity index (χ2v) is 9.61. The standard InChI is InChI=1S/C28H29F3N6O3/c1-17-24(18-7-9-19(40-2)10-8-18)34-26-21(15-33-37(26)25(17)28(29,30)31)27(39)36-13-11-35(12-14-36)23(16-38)20-5-3-4-6-22(20)32/h3-10,15,23,38H,11-14,16,32H2,1-2H3/t23-/m0/s1. The molecule has 5 rings (SSSR count). The number of alkyl halides is 3. The topological polar surface area (TPSA) is 109 Å². The van der Waals surface area contributed by atoms with Crippen molar-refractivity contribution in [2.75, 3.05) is 45.6 Å². The fraction of sp³-hybridized carbons (Fsp3) is 0.321. The maximum Gasteiger partial charge on any atom is 0.433 e. The third kappa shape index (κ3) is 4.95. The zero-order valence-electron chi connectivity index (χ0n) is 22.0. The predicted molar refractivity (Wildman–Crippen MR) is 143 cm³/mol. The van der Waals surface area contributed by atoms with Gasteiger partial charge in [-0.2, -0.15) is 18.3 Å². The lowest BCUT2D eigenvalue weighted by atomic mass is 10.0. The Labute approximate surface area is 228 Å². The van der Waals surface area contributed by atoms with Crippen molar-refractivity contribution < 1.29 is 27.8 Å². The van der Waals surface area contributed by atoms with Crippen LogP contribution in [0.5, 0.6) is 5.75 Å². The first kappa shape index (κ1) is 27.4. The van der Waals surface area contributed by atoms with Crippen LogP contribution >= 0.6 is 0 Å². The van der Waals surface area contributed by atoms with Crippen molar-refractivity contribution in [2.45, 2.75) is 19.1 Å². The molecule has 0 aliphatic carbocycles. The molecule has 0 saturated carbocycles. The fourth-order valence-electron chi connectivity index (χ4n) is 5.22. The van der Waals surface area contributed by atoms with E-state index < -0.39 is 17.8 Å². The number of nitrogens with two attached hydrogens (primary N) is 1.